The van der Waals surface area contributed by atoms with E-state index < -0.39 is 18.8 Å². The maximum atomic E-state index is 14.5. The third kappa shape index (κ3) is 10.0. The standard InChI is InChI=1S/C22H13FN4.C15H10ClN3.C7H5BFNO2/c1-24-18-14-8-13-17(23)19(18)22-26-20(15-9-4-2-5-10-15)25-21(27-22)16-11-6-3-7-12-16;16-15-18-13(11-7-3-1-4-8-11)17-14(19-15)12-9-5-2-6-10-12;9-6-3-1-2-5(4-10)7(6)8(11)12/h2-14H;1-10H;1-3,11-12H. The maximum absolute atomic E-state index is 14.5. The fourth-order valence-electron chi connectivity index (χ4n) is 5.43. The number of hydrogen-bond acceptors (Lipinski definition) is 9. The Morgan fingerprint density at radius 2 is 0.897 bits per heavy atom. The Kier molecular flexibility index (Phi) is 13.4. The molecule has 14 heteroatoms. The fourth-order valence-corrected chi connectivity index (χ4v) is 5.59. The topological polar surface area (TPSA) is 146 Å². The van der Waals surface area contributed by atoms with Crippen LogP contribution in [0.2, 0.25) is 5.28 Å². The predicted molar refractivity (Wildman–Crippen MR) is 219 cm³/mol. The van der Waals surface area contributed by atoms with Gasteiger partial charge in [0, 0.05) is 27.7 Å². The Labute approximate surface area is 337 Å². The lowest BCUT2D eigenvalue weighted by molar-refractivity contribution is 0.423. The van der Waals surface area contributed by atoms with E-state index in [1.807, 2.05) is 121 Å². The minimum Gasteiger partial charge on any atom is -0.423 e. The van der Waals surface area contributed by atoms with Crippen molar-refractivity contribution < 1.29 is 18.8 Å². The smallest absolute Gasteiger partial charge is 0.423 e. The maximum Gasteiger partial charge on any atom is 0.492 e. The second kappa shape index (κ2) is 19.4. The first-order valence-corrected chi connectivity index (χ1v) is 17.7. The molecular weight excluding hydrogens is 757 g/mol. The van der Waals surface area contributed by atoms with E-state index in [-0.39, 0.29) is 33.4 Å². The molecule has 280 valence electrons. The van der Waals surface area contributed by atoms with Crippen LogP contribution in [-0.2, 0) is 0 Å². The van der Waals surface area contributed by atoms with Crippen molar-refractivity contribution in [2.75, 3.05) is 0 Å². The van der Waals surface area contributed by atoms with Gasteiger partial charge in [0.25, 0.3) is 0 Å². The van der Waals surface area contributed by atoms with Gasteiger partial charge in [-0.2, -0.15) is 15.2 Å². The summed E-state index contributed by atoms with van der Waals surface area (Å²) in [5.74, 6) is 0.847. The van der Waals surface area contributed by atoms with Crippen molar-refractivity contribution in [3.8, 4) is 63.0 Å². The van der Waals surface area contributed by atoms with E-state index in [2.05, 4.69) is 34.7 Å². The Hall–Kier alpha value is -7.55. The van der Waals surface area contributed by atoms with E-state index in [0.717, 1.165) is 28.3 Å². The minimum absolute atomic E-state index is 0.0648. The predicted octanol–water partition coefficient (Wildman–Crippen LogP) is 8.80. The van der Waals surface area contributed by atoms with Crippen molar-refractivity contribution in [2.24, 2.45) is 0 Å². The average Bonchev–Trinajstić information content (AvgIpc) is 3.27. The molecular formula is C44H28BClF2N8O2. The summed E-state index contributed by atoms with van der Waals surface area (Å²) >= 11 is 5.99. The van der Waals surface area contributed by atoms with Crippen LogP contribution in [0.4, 0.5) is 14.5 Å². The molecule has 8 rings (SSSR count). The van der Waals surface area contributed by atoms with E-state index in [4.69, 9.17) is 33.5 Å². The number of nitriles is 1. The van der Waals surface area contributed by atoms with E-state index in [1.165, 1.54) is 24.3 Å². The van der Waals surface area contributed by atoms with Gasteiger partial charge in [0.05, 0.1) is 23.8 Å². The summed E-state index contributed by atoms with van der Waals surface area (Å²) in [4.78, 5) is 29.7. The summed E-state index contributed by atoms with van der Waals surface area (Å²) in [6.07, 6.45) is 0. The summed E-state index contributed by atoms with van der Waals surface area (Å²) in [5, 5.41) is 26.0. The van der Waals surface area contributed by atoms with Crippen LogP contribution in [-0.4, -0.2) is 47.1 Å². The van der Waals surface area contributed by atoms with E-state index in [9.17, 15) is 8.78 Å². The normalized spacial score (nSPS) is 10.1. The highest BCUT2D eigenvalue weighted by atomic mass is 35.5. The zero-order valence-electron chi connectivity index (χ0n) is 30.2. The molecule has 0 bridgehead atoms. The molecule has 0 aliphatic rings. The second-order valence-electron chi connectivity index (χ2n) is 12.0. The van der Waals surface area contributed by atoms with Crippen LogP contribution < -0.4 is 5.46 Å². The monoisotopic (exact) mass is 784 g/mol. The molecule has 0 atom stereocenters. The Balaban J connectivity index is 0.000000159. The number of benzene rings is 6. The van der Waals surface area contributed by atoms with Gasteiger partial charge in [0.15, 0.2) is 29.1 Å². The van der Waals surface area contributed by atoms with E-state index >= 15 is 0 Å². The molecule has 0 unspecified atom stereocenters. The lowest BCUT2D eigenvalue weighted by Crippen LogP contribution is -2.35. The first-order chi connectivity index (χ1) is 28.2. The largest absolute Gasteiger partial charge is 0.492 e. The highest BCUT2D eigenvalue weighted by Crippen LogP contribution is 2.33. The summed E-state index contributed by atoms with van der Waals surface area (Å²) < 4.78 is 27.4. The number of halogens is 3. The zero-order chi connectivity index (χ0) is 40.9. The molecule has 0 radical (unpaired) electrons. The molecule has 2 heterocycles. The van der Waals surface area contributed by atoms with Crippen LogP contribution in [0, 0.1) is 29.5 Å². The molecule has 2 aromatic heterocycles. The van der Waals surface area contributed by atoms with Crippen molar-refractivity contribution in [1.29, 1.82) is 5.26 Å². The first-order valence-electron chi connectivity index (χ1n) is 17.4. The fraction of sp³-hybridized carbons (Fsp3) is 0. The van der Waals surface area contributed by atoms with Gasteiger partial charge >= 0.3 is 7.12 Å². The van der Waals surface area contributed by atoms with Crippen molar-refractivity contribution in [1.82, 2.24) is 29.9 Å². The van der Waals surface area contributed by atoms with Crippen LogP contribution in [0.15, 0.2) is 158 Å². The van der Waals surface area contributed by atoms with Gasteiger partial charge in [-0.15, -0.1) is 0 Å². The molecule has 0 amide bonds. The second-order valence-corrected chi connectivity index (χ2v) is 12.3. The van der Waals surface area contributed by atoms with Crippen molar-refractivity contribution in [3.63, 3.8) is 0 Å². The van der Waals surface area contributed by atoms with Crippen molar-refractivity contribution in [3.05, 3.63) is 192 Å². The van der Waals surface area contributed by atoms with Crippen LogP contribution in [0.5, 0.6) is 0 Å². The van der Waals surface area contributed by atoms with E-state index in [0.29, 0.717) is 23.3 Å². The molecule has 8 aromatic rings. The SMILES string of the molecule is Clc1nc(-c2ccccc2)nc(-c2ccccc2)n1.N#Cc1cccc(F)c1B(O)O.[C-]#[N+]c1cccc(F)c1-c1nc(-c2ccccc2)nc(-c2ccccc2)n1. The first kappa shape index (κ1) is 40.1. The van der Waals surface area contributed by atoms with Gasteiger partial charge in [0.2, 0.25) is 11.0 Å². The molecule has 0 spiro atoms. The molecule has 10 nitrogen and oxygen atoms in total. The highest BCUT2D eigenvalue weighted by molar-refractivity contribution is 6.59. The zero-order valence-corrected chi connectivity index (χ0v) is 31.0. The van der Waals surface area contributed by atoms with Crippen molar-refractivity contribution in [2.45, 2.75) is 0 Å². The van der Waals surface area contributed by atoms with Crippen LogP contribution in [0.1, 0.15) is 5.56 Å². The molecule has 0 saturated heterocycles. The summed E-state index contributed by atoms with van der Waals surface area (Å²) in [7, 11) is -1.94. The Morgan fingerprint density at radius 3 is 1.28 bits per heavy atom. The molecule has 6 aromatic carbocycles. The Morgan fingerprint density at radius 1 is 0.517 bits per heavy atom. The number of nitrogens with zero attached hydrogens (tertiary/aromatic N) is 8. The molecule has 0 saturated carbocycles. The quantitative estimate of drug-likeness (QED) is 0.125. The van der Waals surface area contributed by atoms with Crippen LogP contribution in [0.25, 0.3) is 61.8 Å². The van der Waals surface area contributed by atoms with Gasteiger partial charge < -0.3 is 10.0 Å². The minimum atomic E-state index is -1.94. The summed E-state index contributed by atoms with van der Waals surface area (Å²) in [5.41, 5.74) is 3.24. The third-order valence-corrected chi connectivity index (χ3v) is 8.31. The number of rotatable bonds is 6. The van der Waals surface area contributed by atoms with Gasteiger partial charge in [-0.1, -0.05) is 140 Å². The lowest BCUT2D eigenvalue weighted by atomic mass is 9.77. The number of hydrogen-bond donors (Lipinski definition) is 2. The van der Waals surface area contributed by atoms with Crippen molar-refractivity contribution >= 4 is 29.9 Å². The highest BCUT2D eigenvalue weighted by Gasteiger charge is 2.21. The number of aromatic nitrogens is 6. The third-order valence-electron chi connectivity index (χ3n) is 8.14. The summed E-state index contributed by atoms with van der Waals surface area (Å²) in [6, 6.07) is 48.0. The molecule has 0 aliphatic carbocycles. The molecule has 0 aliphatic heterocycles. The molecule has 2 N–H and O–H groups in total. The van der Waals surface area contributed by atoms with Gasteiger partial charge in [-0.25, -0.2) is 33.6 Å². The van der Waals surface area contributed by atoms with E-state index in [1.54, 1.807) is 12.1 Å². The van der Waals surface area contributed by atoms with Gasteiger partial charge in [0.1, 0.15) is 11.6 Å². The molecule has 0 fully saturated rings. The Bertz CT molecular complexity index is 2610. The lowest BCUT2D eigenvalue weighted by Gasteiger charge is -2.10. The van der Waals surface area contributed by atoms with Gasteiger partial charge in [-0.3, -0.25) is 0 Å². The van der Waals surface area contributed by atoms with Crippen LogP contribution in [0.3, 0.4) is 0 Å². The van der Waals surface area contributed by atoms with Gasteiger partial charge in [-0.05, 0) is 29.8 Å². The van der Waals surface area contributed by atoms with Crippen LogP contribution >= 0.6 is 11.6 Å². The average molecular weight is 785 g/mol. The molecule has 58 heavy (non-hydrogen) atoms. The summed E-state index contributed by atoms with van der Waals surface area (Å²) in [6.45, 7) is 7.35.